The van der Waals surface area contributed by atoms with Gasteiger partial charge in [-0.3, -0.25) is 0 Å². The lowest BCUT2D eigenvalue weighted by Gasteiger charge is -2.32. The van der Waals surface area contributed by atoms with E-state index in [9.17, 15) is 0 Å². The van der Waals surface area contributed by atoms with E-state index in [4.69, 9.17) is 15.7 Å². The summed E-state index contributed by atoms with van der Waals surface area (Å²) in [7, 11) is 0. The van der Waals surface area contributed by atoms with Crippen molar-refractivity contribution < 1.29 is 4.74 Å². The summed E-state index contributed by atoms with van der Waals surface area (Å²) in [4.78, 5) is 2.16. The maximum absolute atomic E-state index is 8.85. The Kier molecular flexibility index (Phi) is 2.97. The third kappa shape index (κ3) is 2.10. The van der Waals surface area contributed by atoms with Crippen LogP contribution < -0.4 is 10.6 Å². The molecule has 0 aromatic heterocycles. The molecule has 0 radical (unpaired) electrons. The van der Waals surface area contributed by atoms with Gasteiger partial charge in [0, 0.05) is 17.9 Å². The minimum absolute atomic E-state index is 0.338. The smallest absolute Gasteiger partial charge is 0.161 e. The molecule has 1 saturated heterocycles. The van der Waals surface area contributed by atoms with Gasteiger partial charge in [-0.05, 0) is 24.6 Å². The Balaban J connectivity index is 2.23. The molecule has 2 rings (SSSR count). The highest BCUT2D eigenvalue weighted by molar-refractivity contribution is 5.61. The summed E-state index contributed by atoms with van der Waals surface area (Å²) in [6.07, 6.45) is -0.338. The fourth-order valence-corrected chi connectivity index (χ4v) is 1.91. The molecule has 0 amide bonds. The Morgan fingerprint density at radius 2 is 2.38 bits per heavy atom. The van der Waals surface area contributed by atoms with Crippen molar-refractivity contribution in [2.75, 3.05) is 30.3 Å². The van der Waals surface area contributed by atoms with Gasteiger partial charge in [0.25, 0.3) is 0 Å². The molecular formula is C12H15N3O. The molecule has 16 heavy (non-hydrogen) atoms. The van der Waals surface area contributed by atoms with Crippen molar-refractivity contribution >= 4 is 11.4 Å². The number of hydrogen-bond acceptors (Lipinski definition) is 4. The van der Waals surface area contributed by atoms with Crippen molar-refractivity contribution in [2.24, 2.45) is 0 Å². The Bertz CT molecular complexity index is 425. The fraction of sp³-hybridized carbons (Fsp3) is 0.417. The van der Waals surface area contributed by atoms with Gasteiger partial charge in [0.1, 0.15) is 0 Å². The number of benzene rings is 1. The SMILES string of the molecule is Cc1ccc(N)cc1N1CCOC(C#N)C1. The quantitative estimate of drug-likeness (QED) is 0.720. The van der Waals surface area contributed by atoms with E-state index in [0.29, 0.717) is 13.2 Å². The number of nitrogens with two attached hydrogens (primary N) is 1. The molecule has 1 heterocycles. The molecular weight excluding hydrogens is 202 g/mol. The number of anilines is 2. The van der Waals surface area contributed by atoms with E-state index in [1.807, 2.05) is 25.1 Å². The Morgan fingerprint density at radius 1 is 1.56 bits per heavy atom. The van der Waals surface area contributed by atoms with E-state index >= 15 is 0 Å². The summed E-state index contributed by atoms with van der Waals surface area (Å²) in [5.41, 5.74) is 8.80. The molecule has 0 saturated carbocycles. The molecule has 84 valence electrons. The molecule has 0 spiro atoms. The molecule has 1 atom stereocenters. The van der Waals surface area contributed by atoms with Gasteiger partial charge in [-0.1, -0.05) is 6.07 Å². The van der Waals surface area contributed by atoms with Gasteiger partial charge in [-0.15, -0.1) is 0 Å². The summed E-state index contributed by atoms with van der Waals surface area (Å²) in [6.45, 7) is 4.06. The molecule has 0 aliphatic carbocycles. The van der Waals surface area contributed by atoms with Crippen molar-refractivity contribution in [3.8, 4) is 6.07 Å². The number of aryl methyl sites for hydroxylation is 1. The Labute approximate surface area is 95.2 Å². The highest BCUT2D eigenvalue weighted by Gasteiger charge is 2.21. The maximum Gasteiger partial charge on any atom is 0.161 e. The average molecular weight is 217 g/mol. The van der Waals surface area contributed by atoms with Crippen LogP contribution in [0.15, 0.2) is 18.2 Å². The highest BCUT2D eigenvalue weighted by atomic mass is 16.5. The van der Waals surface area contributed by atoms with Crippen molar-refractivity contribution in [2.45, 2.75) is 13.0 Å². The molecule has 1 aromatic rings. The Hall–Kier alpha value is -1.73. The number of hydrogen-bond donors (Lipinski definition) is 1. The topological polar surface area (TPSA) is 62.3 Å². The lowest BCUT2D eigenvalue weighted by molar-refractivity contribution is 0.0764. The second-order valence-corrected chi connectivity index (χ2v) is 3.98. The van der Waals surface area contributed by atoms with Gasteiger partial charge in [0.15, 0.2) is 6.10 Å². The van der Waals surface area contributed by atoms with E-state index in [-0.39, 0.29) is 6.10 Å². The van der Waals surface area contributed by atoms with Crippen LogP contribution in [0.2, 0.25) is 0 Å². The second-order valence-electron chi connectivity index (χ2n) is 3.98. The predicted octanol–water partition coefficient (Wildman–Crippen LogP) is 1.31. The molecule has 1 aliphatic rings. The number of rotatable bonds is 1. The summed E-state index contributed by atoms with van der Waals surface area (Å²) < 4.78 is 5.31. The average Bonchev–Trinajstić information content (AvgIpc) is 2.32. The van der Waals surface area contributed by atoms with Crippen LogP contribution in [0.3, 0.4) is 0 Å². The third-order valence-corrected chi connectivity index (χ3v) is 2.78. The summed E-state index contributed by atoms with van der Waals surface area (Å²) in [5, 5.41) is 8.85. The van der Waals surface area contributed by atoms with Gasteiger partial charge in [-0.2, -0.15) is 5.26 Å². The van der Waals surface area contributed by atoms with Crippen molar-refractivity contribution in [1.82, 2.24) is 0 Å². The zero-order chi connectivity index (χ0) is 11.5. The predicted molar refractivity (Wildman–Crippen MR) is 63.2 cm³/mol. The lowest BCUT2D eigenvalue weighted by Crippen LogP contribution is -2.42. The van der Waals surface area contributed by atoms with Crippen LogP contribution >= 0.6 is 0 Å². The van der Waals surface area contributed by atoms with Crippen molar-refractivity contribution in [3.63, 3.8) is 0 Å². The molecule has 1 aliphatic heterocycles. The molecule has 1 aromatic carbocycles. The summed E-state index contributed by atoms with van der Waals surface area (Å²) in [6, 6.07) is 7.99. The molecule has 1 fully saturated rings. The first-order chi connectivity index (χ1) is 7.70. The van der Waals surface area contributed by atoms with Crippen molar-refractivity contribution in [1.29, 1.82) is 5.26 Å². The van der Waals surface area contributed by atoms with Crippen molar-refractivity contribution in [3.05, 3.63) is 23.8 Å². The number of morpholine rings is 1. The van der Waals surface area contributed by atoms with Gasteiger partial charge in [0.2, 0.25) is 0 Å². The van der Waals surface area contributed by atoms with E-state index in [1.54, 1.807) is 0 Å². The van der Waals surface area contributed by atoms with Gasteiger partial charge >= 0.3 is 0 Å². The largest absolute Gasteiger partial charge is 0.399 e. The van der Waals surface area contributed by atoms with Crippen LogP contribution in [-0.2, 0) is 4.74 Å². The maximum atomic E-state index is 8.85. The van der Waals surface area contributed by atoms with E-state index < -0.39 is 0 Å². The number of nitrogens with zero attached hydrogens (tertiary/aromatic N) is 2. The first kappa shape index (κ1) is 10.8. The number of nitrogen functional groups attached to an aromatic ring is 1. The first-order valence-corrected chi connectivity index (χ1v) is 5.33. The summed E-state index contributed by atoms with van der Waals surface area (Å²) in [5.74, 6) is 0. The molecule has 0 bridgehead atoms. The monoisotopic (exact) mass is 217 g/mol. The van der Waals surface area contributed by atoms with Crippen LogP contribution in [0.5, 0.6) is 0 Å². The van der Waals surface area contributed by atoms with Crippen LogP contribution in [0.25, 0.3) is 0 Å². The zero-order valence-corrected chi connectivity index (χ0v) is 9.31. The molecule has 2 N–H and O–H groups in total. The second kappa shape index (κ2) is 4.42. The van der Waals surface area contributed by atoms with E-state index in [2.05, 4.69) is 11.0 Å². The lowest BCUT2D eigenvalue weighted by atomic mass is 10.1. The summed E-state index contributed by atoms with van der Waals surface area (Å²) >= 11 is 0. The van der Waals surface area contributed by atoms with Gasteiger partial charge in [-0.25, -0.2) is 0 Å². The Morgan fingerprint density at radius 3 is 3.12 bits per heavy atom. The van der Waals surface area contributed by atoms with Crippen LogP contribution in [0.1, 0.15) is 5.56 Å². The standard InChI is InChI=1S/C12H15N3O/c1-9-2-3-10(14)6-12(9)15-4-5-16-11(7-13)8-15/h2-3,6,11H,4-5,8,14H2,1H3. The number of nitriles is 1. The molecule has 1 unspecified atom stereocenters. The normalized spacial score (nSPS) is 20.5. The minimum Gasteiger partial charge on any atom is -0.399 e. The fourth-order valence-electron chi connectivity index (χ4n) is 1.91. The molecule has 4 heteroatoms. The first-order valence-electron chi connectivity index (χ1n) is 5.33. The third-order valence-electron chi connectivity index (χ3n) is 2.78. The van der Waals surface area contributed by atoms with Gasteiger partial charge in [0.05, 0.1) is 19.2 Å². The van der Waals surface area contributed by atoms with Gasteiger partial charge < -0.3 is 15.4 Å². The number of ether oxygens (including phenoxy) is 1. The van der Waals surface area contributed by atoms with E-state index in [0.717, 1.165) is 17.9 Å². The van der Waals surface area contributed by atoms with Crippen LogP contribution in [0, 0.1) is 18.3 Å². The highest BCUT2D eigenvalue weighted by Crippen LogP contribution is 2.24. The van der Waals surface area contributed by atoms with Crippen LogP contribution in [-0.4, -0.2) is 25.8 Å². The molecule has 4 nitrogen and oxygen atoms in total. The van der Waals surface area contributed by atoms with Crippen LogP contribution in [0.4, 0.5) is 11.4 Å². The minimum atomic E-state index is -0.338. The van der Waals surface area contributed by atoms with E-state index in [1.165, 1.54) is 5.56 Å². The zero-order valence-electron chi connectivity index (χ0n) is 9.31.